The summed E-state index contributed by atoms with van der Waals surface area (Å²) in [5, 5.41) is 10.9. The molecule has 1 aromatic heterocycles. The maximum atomic E-state index is 12.9. The molecule has 4 rings (SSSR count). The van der Waals surface area contributed by atoms with Crippen LogP contribution in [0.25, 0.3) is 0 Å². The summed E-state index contributed by atoms with van der Waals surface area (Å²) in [7, 11) is 0. The van der Waals surface area contributed by atoms with Crippen LogP contribution in [0.3, 0.4) is 0 Å². The number of benzene rings is 2. The molecule has 0 radical (unpaired) electrons. The molecule has 2 unspecified atom stereocenters. The maximum absolute atomic E-state index is 12.9. The van der Waals surface area contributed by atoms with Crippen LogP contribution in [0.5, 0.6) is 6.08 Å². The number of carbonyl (C=O) groups is 2. The topological polar surface area (TPSA) is 97.6 Å². The predicted octanol–water partition coefficient (Wildman–Crippen LogP) is 3.91. The first-order valence-corrected chi connectivity index (χ1v) is 12.6. The fraction of sp³-hybridized carbons (Fsp3) is 0.385. The van der Waals surface area contributed by atoms with Crippen LogP contribution < -0.4 is 10.1 Å². The lowest BCUT2D eigenvalue weighted by molar-refractivity contribution is -0.135. The van der Waals surface area contributed by atoms with E-state index in [1.54, 1.807) is 4.90 Å². The summed E-state index contributed by atoms with van der Waals surface area (Å²) in [5.41, 5.74) is 2.49. The number of aryl methyl sites for hydroxylation is 1. The highest BCUT2D eigenvalue weighted by Crippen LogP contribution is 2.38. The third kappa shape index (κ3) is 6.22. The molecule has 0 aliphatic carbocycles. The van der Waals surface area contributed by atoms with Crippen LogP contribution in [0.15, 0.2) is 59.0 Å². The van der Waals surface area contributed by atoms with E-state index in [9.17, 15) is 9.59 Å². The summed E-state index contributed by atoms with van der Waals surface area (Å²) < 4.78 is 11.5. The number of aromatic nitrogens is 2. The molecule has 1 saturated heterocycles. The number of rotatable bonds is 9. The first-order chi connectivity index (χ1) is 16.7. The number of amides is 2. The average Bonchev–Trinajstić information content (AvgIpc) is 3.40. The Bertz CT molecular complexity index is 1180. The molecule has 0 spiro atoms. The van der Waals surface area contributed by atoms with Gasteiger partial charge in [-0.1, -0.05) is 65.3 Å². The second-order valence-corrected chi connectivity index (χ2v) is 10.3. The lowest BCUT2D eigenvalue weighted by Crippen LogP contribution is -2.55. The zero-order chi connectivity index (χ0) is 25.0. The van der Waals surface area contributed by atoms with E-state index < -0.39 is 11.6 Å². The van der Waals surface area contributed by atoms with E-state index in [1.807, 2.05) is 76.2 Å². The summed E-state index contributed by atoms with van der Waals surface area (Å²) >= 11 is 1.53. The van der Waals surface area contributed by atoms with Gasteiger partial charge in [0.2, 0.25) is 17.7 Å². The second-order valence-electron chi connectivity index (χ2n) is 9.25. The molecule has 1 aliphatic heterocycles. The van der Waals surface area contributed by atoms with Gasteiger partial charge >= 0.3 is 6.08 Å². The van der Waals surface area contributed by atoms with Gasteiger partial charge in [0.15, 0.2) is 0 Å². The van der Waals surface area contributed by atoms with Crippen molar-refractivity contribution in [2.45, 2.75) is 51.1 Å². The number of thioether (sulfide) groups is 1. The number of nitrogens with one attached hydrogen (secondary N) is 1. The Kier molecular flexibility index (Phi) is 7.45. The first-order valence-electron chi connectivity index (χ1n) is 11.5. The fourth-order valence-electron chi connectivity index (χ4n) is 3.83. The van der Waals surface area contributed by atoms with Crippen molar-refractivity contribution < 1.29 is 18.7 Å². The molecule has 3 aromatic rings. The molecule has 8 nitrogen and oxygen atoms in total. The zero-order valence-corrected chi connectivity index (χ0v) is 21.2. The molecule has 0 saturated carbocycles. The Morgan fingerprint density at radius 2 is 2.00 bits per heavy atom. The molecular formula is C26H30N4O4S. The minimum absolute atomic E-state index is 0.0251. The van der Waals surface area contributed by atoms with E-state index in [0.717, 1.165) is 16.7 Å². The summed E-state index contributed by atoms with van der Waals surface area (Å²) in [6.07, 6.45) is 0.0989. The van der Waals surface area contributed by atoms with Gasteiger partial charge in [0.25, 0.3) is 0 Å². The fourth-order valence-corrected chi connectivity index (χ4v) is 5.01. The van der Waals surface area contributed by atoms with Crippen LogP contribution in [0.2, 0.25) is 0 Å². The van der Waals surface area contributed by atoms with Crippen LogP contribution in [0.4, 0.5) is 0 Å². The molecule has 1 aliphatic rings. The summed E-state index contributed by atoms with van der Waals surface area (Å²) in [5.74, 6) is 0.510. The Balaban J connectivity index is 1.34. The van der Waals surface area contributed by atoms with Crippen LogP contribution in [0.1, 0.15) is 48.7 Å². The van der Waals surface area contributed by atoms with Gasteiger partial charge in [-0.15, -0.1) is 16.9 Å². The van der Waals surface area contributed by atoms with E-state index in [-0.39, 0.29) is 29.8 Å². The van der Waals surface area contributed by atoms with Gasteiger partial charge in [-0.05, 0) is 38.8 Å². The zero-order valence-electron chi connectivity index (χ0n) is 20.4. The van der Waals surface area contributed by atoms with Crippen molar-refractivity contribution in [3.8, 4) is 6.08 Å². The minimum atomic E-state index is -0.750. The Morgan fingerprint density at radius 3 is 2.74 bits per heavy atom. The van der Waals surface area contributed by atoms with Gasteiger partial charge in [-0.25, -0.2) is 0 Å². The van der Waals surface area contributed by atoms with Gasteiger partial charge < -0.3 is 19.4 Å². The highest BCUT2D eigenvalue weighted by atomic mass is 32.2. The van der Waals surface area contributed by atoms with Gasteiger partial charge in [0, 0.05) is 0 Å². The molecular weight excluding hydrogens is 464 g/mol. The molecule has 2 atom stereocenters. The molecule has 0 bridgehead atoms. The predicted molar refractivity (Wildman–Crippen MR) is 134 cm³/mol. The van der Waals surface area contributed by atoms with E-state index in [4.69, 9.17) is 9.15 Å². The normalized spacial score (nSPS) is 16.9. The van der Waals surface area contributed by atoms with E-state index in [1.165, 1.54) is 11.8 Å². The quantitative estimate of drug-likeness (QED) is 0.482. The minimum Gasteiger partial charge on any atom is -0.444 e. The number of ether oxygens (including phenoxy) is 1. The van der Waals surface area contributed by atoms with Crippen LogP contribution in [0, 0.1) is 6.92 Å². The maximum Gasteiger partial charge on any atom is 0.414 e. The average molecular weight is 495 g/mol. The van der Waals surface area contributed by atoms with Crippen molar-refractivity contribution in [2.24, 2.45) is 0 Å². The monoisotopic (exact) mass is 494 g/mol. The number of carbonyl (C=O) groups excluding carboxylic acids is 2. The summed E-state index contributed by atoms with van der Waals surface area (Å²) in [6, 6.07) is 17.8. The highest BCUT2D eigenvalue weighted by Gasteiger charge is 2.36. The Labute approximate surface area is 209 Å². The van der Waals surface area contributed by atoms with Crippen molar-refractivity contribution in [3.63, 3.8) is 0 Å². The third-order valence-electron chi connectivity index (χ3n) is 6.01. The van der Waals surface area contributed by atoms with Crippen molar-refractivity contribution in [2.75, 3.05) is 12.3 Å². The number of nitrogens with zero attached hydrogens (tertiary/aromatic N) is 3. The van der Waals surface area contributed by atoms with Crippen molar-refractivity contribution in [1.29, 1.82) is 0 Å². The Morgan fingerprint density at radius 1 is 1.23 bits per heavy atom. The molecule has 1 N–H and O–H groups in total. The lowest BCUT2D eigenvalue weighted by atomic mass is 9.98. The molecule has 184 valence electrons. The van der Waals surface area contributed by atoms with Gasteiger partial charge in [-0.2, -0.15) is 0 Å². The standard InChI is InChI=1S/C26H30N4O4S/c1-17-9-8-10-19(13-17)14-22-28-29-25(34-22)33-18(2)26(3,4)27-21(31)15-30-23(32)16-35-24(30)20-11-6-5-7-12-20/h5-13,18,24H,14-16H2,1-4H3,(H,27,31). The first kappa shape index (κ1) is 24.8. The SMILES string of the molecule is Cc1cccc(Cc2nnc(OC(C)C(C)(C)NC(=O)CN3C(=O)CSC3c3ccccc3)o2)c1. The molecule has 2 aromatic carbocycles. The van der Waals surface area contributed by atoms with Crippen molar-refractivity contribution in [1.82, 2.24) is 20.4 Å². The summed E-state index contributed by atoms with van der Waals surface area (Å²) in [4.78, 5) is 27.0. The molecule has 1 fully saturated rings. The van der Waals surface area contributed by atoms with Crippen LogP contribution >= 0.6 is 11.8 Å². The smallest absolute Gasteiger partial charge is 0.414 e. The molecule has 2 heterocycles. The van der Waals surface area contributed by atoms with Crippen molar-refractivity contribution in [3.05, 3.63) is 77.2 Å². The van der Waals surface area contributed by atoms with Crippen LogP contribution in [-0.4, -0.2) is 50.9 Å². The van der Waals surface area contributed by atoms with Gasteiger partial charge in [-0.3, -0.25) is 9.59 Å². The van der Waals surface area contributed by atoms with E-state index in [2.05, 4.69) is 21.6 Å². The molecule has 9 heteroatoms. The molecule has 2 amide bonds. The number of hydrogen-bond donors (Lipinski definition) is 1. The number of hydrogen-bond acceptors (Lipinski definition) is 7. The summed E-state index contributed by atoms with van der Waals surface area (Å²) in [6.45, 7) is 7.55. The van der Waals surface area contributed by atoms with Gasteiger partial charge in [0.05, 0.1) is 17.7 Å². The third-order valence-corrected chi connectivity index (χ3v) is 7.26. The lowest BCUT2D eigenvalue weighted by Gasteiger charge is -2.33. The molecule has 35 heavy (non-hydrogen) atoms. The van der Waals surface area contributed by atoms with Gasteiger partial charge in [0.1, 0.15) is 18.0 Å². The Hall–Kier alpha value is -3.33. The van der Waals surface area contributed by atoms with E-state index >= 15 is 0 Å². The largest absolute Gasteiger partial charge is 0.444 e. The second kappa shape index (κ2) is 10.5. The van der Waals surface area contributed by atoms with E-state index in [0.29, 0.717) is 18.1 Å². The van der Waals surface area contributed by atoms with Crippen LogP contribution in [-0.2, 0) is 16.0 Å². The van der Waals surface area contributed by atoms with Crippen molar-refractivity contribution >= 4 is 23.6 Å². The highest BCUT2D eigenvalue weighted by molar-refractivity contribution is 8.00.